The third-order valence-corrected chi connectivity index (χ3v) is 2.53. The van der Waals surface area contributed by atoms with Crippen LogP contribution in [0.3, 0.4) is 0 Å². The van der Waals surface area contributed by atoms with E-state index in [-0.39, 0.29) is 6.54 Å². The molecule has 0 aliphatic heterocycles. The molecule has 0 amide bonds. The molecule has 0 fully saturated rings. The zero-order valence-corrected chi connectivity index (χ0v) is 10.7. The van der Waals surface area contributed by atoms with Gasteiger partial charge in [-0.15, -0.1) is 0 Å². The van der Waals surface area contributed by atoms with E-state index in [0.29, 0.717) is 0 Å². The van der Waals surface area contributed by atoms with Gasteiger partial charge in [0.15, 0.2) is 0 Å². The quantitative estimate of drug-likeness (QED) is 0.392. The maximum atomic E-state index is 11.4. The zero-order valence-electron chi connectivity index (χ0n) is 9.13. The molecule has 0 radical (unpaired) electrons. The smallest absolute Gasteiger partial charge is 0.328 e. The van der Waals surface area contributed by atoms with E-state index in [1.54, 1.807) is 12.1 Å². The van der Waals surface area contributed by atoms with Crippen molar-refractivity contribution in [2.24, 2.45) is 5.11 Å². The Morgan fingerprint density at radius 3 is 2.76 bits per heavy atom. The summed E-state index contributed by atoms with van der Waals surface area (Å²) in [6.45, 7) is -0.000757. The van der Waals surface area contributed by atoms with Gasteiger partial charge in [-0.1, -0.05) is 21.0 Å². The Bertz CT molecular complexity index is 428. The number of carbonyl (C=O) groups excluding carboxylic acids is 1. The van der Waals surface area contributed by atoms with Crippen LogP contribution < -0.4 is 5.32 Å². The summed E-state index contributed by atoms with van der Waals surface area (Å²) in [5.74, 6) is -0.472. The molecule has 1 rings (SSSR count). The van der Waals surface area contributed by atoms with Crippen molar-refractivity contribution in [3.63, 3.8) is 0 Å². The number of hydrogen-bond donors (Lipinski definition) is 1. The van der Waals surface area contributed by atoms with Crippen molar-refractivity contribution in [3.05, 3.63) is 39.2 Å². The molecular weight excluding hydrogens is 288 g/mol. The van der Waals surface area contributed by atoms with Crippen LogP contribution in [-0.4, -0.2) is 25.7 Å². The van der Waals surface area contributed by atoms with Crippen LogP contribution in [0.2, 0.25) is 0 Å². The minimum Gasteiger partial charge on any atom is -0.467 e. The average molecular weight is 299 g/mol. The lowest BCUT2D eigenvalue weighted by Crippen LogP contribution is -2.33. The van der Waals surface area contributed by atoms with Gasteiger partial charge in [0.25, 0.3) is 0 Å². The first-order valence-electron chi connectivity index (χ1n) is 4.78. The van der Waals surface area contributed by atoms with E-state index >= 15 is 0 Å². The number of nitrogens with one attached hydrogen (secondary N) is 1. The van der Waals surface area contributed by atoms with Crippen LogP contribution in [0.4, 0.5) is 5.69 Å². The summed E-state index contributed by atoms with van der Waals surface area (Å²) in [4.78, 5) is 14.0. The fourth-order valence-electron chi connectivity index (χ4n) is 1.19. The van der Waals surface area contributed by atoms with E-state index in [0.717, 1.165) is 10.2 Å². The van der Waals surface area contributed by atoms with Crippen LogP contribution in [0.5, 0.6) is 0 Å². The van der Waals surface area contributed by atoms with E-state index in [4.69, 9.17) is 5.53 Å². The predicted molar refractivity (Wildman–Crippen MR) is 67.6 cm³/mol. The number of nitrogens with zero attached hydrogens (tertiary/aromatic N) is 3. The Hall–Kier alpha value is -1.72. The summed E-state index contributed by atoms with van der Waals surface area (Å²) in [6.07, 6.45) is 0. The molecular formula is C10H11BrN4O2. The van der Waals surface area contributed by atoms with Crippen LogP contribution in [-0.2, 0) is 9.53 Å². The highest BCUT2D eigenvalue weighted by atomic mass is 79.9. The van der Waals surface area contributed by atoms with E-state index in [1.807, 2.05) is 12.1 Å². The van der Waals surface area contributed by atoms with E-state index in [2.05, 4.69) is 36.0 Å². The molecule has 17 heavy (non-hydrogen) atoms. The van der Waals surface area contributed by atoms with Gasteiger partial charge in [-0.2, -0.15) is 0 Å². The van der Waals surface area contributed by atoms with Crippen molar-refractivity contribution in [2.45, 2.75) is 6.04 Å². The fourth-order valence-corrected chi connectivity index (χ4v) is 1.45. The molecule has 1 N–H and O–H groups in total. The topological polar surface area (TPSA) is 87.1 Å². The summed E-state index contributed by atoms with van der Waals surface area (Å²) >= 11 is 3.31. The SMILES string of the molecule is COC(=O)C(CN=[N+]=[N-])Nc1ccc(Br)cc1. The summed E-state index contributed by atoms with van der Waals surface area (Å²) in [5, 5.41) is 6.29. The second kappa shape index (κ2) is 6.78. The Balaban J connectivity index is 2.74. The molecule has 7 heteroatoms. The van der Waals surface area contributed by atoms with Gasteiger partial charge in [0.2, 0.25) is 0 Å². The third kappa shape index (κ3) is 4.34. The standard InChI is InChI=1S/C10H11BrN4O2/c1-17-10(16)9(6-13-15-12)14-8-4-2-7(11)3-5-8/h2-5,9,14H,6H2,1H3. The number of rotatable bonds is 5. The third-order valence-electron chi connectivity index (χ3n) is 2.00. The lowest BCUT2D eigenvalue weighted by Gasteiger charge is -2.15. The molecule has 0 heterocycles. The van der Waals surface area contributed by atoms with Crippen LogP contribution in [0, 0.1) is 0 Å². The number of anilines is 1. The molecule has 1 unspecified atom stereocenters. The van der Waals surface area contributed by atoms with E-state index in [9.17, 15) is 4.79 Å². The van der Waals surface area contributed by atoms with Crippen molar-refractivity contribution < 1.29 is 9.53 Å². The highest BCUT2D eigenvalue weighted by Gasteiger charge is 2.17. The number of hydrogen-bond acceptors (Lipinski definition) is 4. The first kappa shape index (κ1) is 13.3. The lowest BCUT2D eigenvalue weighted by atomic mass is 10.2. The van der Waals surface area contributed by atoms with Gasteiger partial charge < -0.3 is 10.1 Å². The second-order valence-electron chi connectivity index (χ2n) is 3.14. The minimum atomic E-state index is -0.683. The number of esters is 1. The monoisotopic (exact) mass is 298 g/mol. The normalized spacial score (nSPS) is 11.2. The molecule has 90 valence electrons. The molecule has 0 aliphatic carbocycles. The predicted octanol–water partition coefficient (Wildman–Crippen LogP) is 2.71. The zero-order chi connectivity index (χ0) is 12.7. The van der Waals surface area contributed by atoms with Crippen molar-refractivity contribution in [1.29, 1.82) is 0 Å². The maximum absolute atomic E-state index is 11.4. The molecule has 0 spiro atoms. The summed E-state index contributed by atoms with van der Waals surface area (Å²) in [6, 6.07) is 6.60. The molecule has 0 saturated carbocycles. The number of halogens is 1. The van der Waals surface area contributed by atoms with Gasteiger partial charge in [0.1, 0.15) is 6.04 Å². The van der Waals surface area contributed by atoms with Crippen LogP contribution in [0.1, 0.15) is 0 Å². The minimum absolute atomic E-state index is 0.000757. The van der Waals surface area contributed by atoms with Gasteiger partial charge in [-0.3, -0.25) is 0 Å². The Kier molecular flexibility index (Phi) is 5.32. The van der Waals surface area contributed by atoms with Gasteiger partial charge in [0.05, 0.1) is 13.7 Å². The number of azide groups is 1. The molecule has 1 aromatic rings. The summed E-state index contributed by atoms with van der Waals surface area (Å²) in [7, 11) is 1.29. The molecule has 0 aliphatic rings. The van der Waals surface area contributed by atoms with Gasteiger partial charge in [0, 0.05) is 15.1 Å². The van der Waals surface area contributed by atoms with Gasteiger partial charge >= 0.3 is 5.97 Å². The van der Waals surface area contributed by atoms with Crippen LogP contribution >= 0.6 is 15.9 Å². The van der Waals surface area contributed by atoms with Crippen molar-refractivity contribution in [1.82, 2.24) is 0 Å². The number of carbonyl (C=O) groups is 1. The molecule has 1 atom stereocenters. The van der Waals surface area contributed by atoms with Gasteiger partial charge in [-0.25, -0.2) is 4.79 Å². The Morgan fingerprint density at radius 1 is 1.59 bits per heavy atom. The molecule has 6 nitrogen and oxygen atoms in total. The summed E-state index contributed by atoms with van der Waals surface area (Å²) < 4.78 is 5.55. The average Bonchev–Trinajstić information content (AvgIpc) is 2.36. The largest absolute Gasteiger partial charge is 0.467 e. The van der Waals surface area contributed by atoms with Crippen molar-refractivity contribution in [2.75, 3.05) is 19.0 Å². The first-order valence-corrected chi connectivity index (χ1v) is 5.57. The summed E-state index contributed by atoms with van der Waals surface area (Å²) in [5.41, 5.74) is 8.99. The van der Waals surface area contributed by atoms with Crippen molar-refractivity contribution >= 4 is 27.6 Å². The number of methoxy groups -OCH3 is 1. The highest BCUT2D eigenvalue weighted by molar-refractivity contribution is 9.10. The number of ether oxygens (including phenoxy) is 1. The lowest BCUT2D eigenvalue weighted by molar-refractivity contribution is -0.141. The van der Waals surface area contributed by atoms with E-state index < -0.39 is 12.0 Å². The highest BCUT2D eigenvalue weighted by Crippen LogP contribution is 2.15. The van der Waals surface area contributed by atoms with Crippen LogP contribution in [0.15, 0.2) is 33.9 Å². The fraction of sp³-hybridized carbons (Fsp3) is 0.300. The molecule has 0 aromatic heterocycles. The molecule has 0 saturated heterocycles. The number of benzene rings is 1. The maximum Gasteiger partial charge on any atom is 0.328 e. The first-order chi connectivity index (χ1) is 8.17. The molecule has 1 aromatic carbocycles. The molecule has 0 bridgehead atoms. The Morgan fingerprint density at radius 2 is 2.24 bits per heavy atom. The van der Waals surface area contributed by atoms with Gasteiger partial charge in [-0.05, 0) is 29.8 Å². The second-order valence-corrected chi connectivity index (χ2v) is 4.06. The van der Waals surface area contributed by atoms with Crippen molar-refractivity contribution in [3.8, 4) is 0 Å². The van der Waals surface area contributed by atoms with E-state index in [1.165, 1.54) is 7.11 Å². The van der Waals surface area contributed by atoms with Crippen LogP contribution in [0.25, 0.3) is 10.4 Å². The Labute approximate surface area is 107 Å².